The van der Waals surface area contributed by atoms with Crippen LogP contribution in [0.15, 0.2) is 42.5 Å². The number of benzene rings is 2. The molecule has 1 saturated heterocycles. The molecule has 27 heavy (non-hydrogen) atoms. The summed E-state index contributed by atoms with van der Waals surface area (Å²) in [5, 5.41) is 0. The van der Waals surface area contributed by atoms with Gasteiger partial charge in [-0.2, -0.15) is 0 Å². The van der Waals surface area contributed by atoms with Crippen LogP contribution in [0.1, 0.15) is 38.8 Å². The maximum Gasteiger partial charge on any atom is 0.254 e. The van der Waals surface area contributed by atoms with E-state index in [-0.39, 0.29) is 24.2 Å². The van der Waals surface area contributed by atoms with E-state index in [1.54, 1.807) is 17.0 Å². The molecule has 0 bridgehead atoms. The zero-order valence-electron chi connectivity index (χ0n) is 15.8. The number of piperazine rings is 1. The van der Waals surface area contributed by atoms with Gasteiger partial charge in [-0.3, -0.25) is 9.59 Å². The van der Waals surface area contributed by atoms with Crippen molar-refractivity contribution in [2.45, 2.75) is 20.3 Å². The van der Waals surface area contributed by atoms with Crippen molar-refractivity contribution in [3.05, 3.63) is 64.7 Å². The standard InChI is InChI=1S/C21H25N3O2.ClH/c1-3-16-5-7-17(8-6-16)20(25)23-10-12-24(13-11-23)21(26)19-14-18(22)9-4-15(19)2;/h4-9,14H,3,10-13,22H2,1-2H3;1H. The monoisotopic (exact) mass is 387 g/mol. The lowest BCUT2D eigenvalue weighted by molar-refractivity contribution is 0.0535. The van der Waals surface area contributed by atoms with Crippen molar-refractivity contribution in [1.82, 2.24) is 9.80 Å². The Morgan fingerprint density at radius 3 is 2.04 bits per heavy atom. The number of anilines is 1. The van der Waals surface area contributed by atoms with Gasteiger partial charge in [0.2, 0.25) is 0 Å². The van der Waals surface area contributed by atoms with Crippen LogP contribution >= 0.6 is 12.4 Å². The highest BCUT2D eigenvalue weighted by Gasteiger charge is 2.26. The van der Waals surface area contributed by atoms with E-state index in [0.717, 1.165) is 12.0 Å². The number of aryl methyl sites for hydroxylation is 2. The zero-order chi connectivity index (χ0) is 18.7. The number of carbonyl (C=O) groups excluding carboxylic acids is 2. The summed E-state index contributed by atoms with van der Waals surface area (Å²) in [5.41, 5.74) is 9.88. The Kier molecular flexibility index (Phi) is 6.86. The van der Waals surface area contributed by atoms with E-state index in [1.165, 1.54) is 5.56 Å². The second-order valence-electron chi connectivity index (χ2n) is 6.71. The molecule has 3 rings (SSSR count). The van der Waals surface area contributed by atoms with Crippen LogP contribution in [0.4, 0.5) is 5.69 Å². The van der Waals surface area contributed by atoms with E-state index < -0.39 is 0 Å². The summed E-state index contributed by atoms with van der Waals surface area (Å²) in [6.45, 7) is 6.15. The maximum absolute atomic E-state index is 12.8. The number of hydrogen-bond donors (Lipinski definition) is 1. The molecule has 1 aliphatic heterocycles. The maximum atomic E-state index is 12.8. The SMILES string of the molecule is CCc1ccc(C(=O)N2CCN(C(=O)c3cc(N)ccc3C)CC2)cc1.Cl. The van der Waals surface area contributed by atoms with Gasteiger partial charge in [0.15, 0.2) is 0 Å². The molecule has 2 aromatic carbocycles. The minimum atomic E-state index is -0.0193. The molecule has 2 N–H and O–H groups in total. The molecule has 1 fully saturated rings. The van der Waals surface area contributed by atoms with E-state index >= 15 is 0 Å². The van der Waals surface area contributed by atoms with Crippen LogP contribution in [0.2, 0.25) is 0 Å². The van der Waals surface area contributed by atoms with Gasteiger partial charge in [-0.15, -0.1) is 12.4 Å². The van der Waals surface area contributed by atoms with Crippen LogP contribution < -0.4 is 5.73 Å². The number of nitrogens with zero attached hydrogens (tertiary/aromatic N) is 2. The minimum absolute atomic E-state index is 0. The van der Waals surface area contributed by atoms with Gasteiger partial charge in [-0.05, 0) is 48.7 Å². The molecule has 0 spiro atoms. The van der Waals surface area contributed by atoms with Gasteiger partial charge in [0.1, 0.15) is 0 Å². The molecular formula is C21H26ClN3O2. The van der Waals surface area contributed by atoms with E-state index in [2.05, 4.69) is 6.92 Å². The molecule has 6 heteroatoms. The Morgan fingerprint density at radius 2 is 1.48 bits per heavy atom. The Balaban J connectivity index is 0.00000261. The molecule has 2 amide bonds. The van der Waals surface area contributed by atoms with Crippen molar-refractivity contribution >= 4 is 29.9 Å². The highest BCUT2D eigenvalue weighted by Crippen LogP contribution is 2.17. The average Bonchev–Trinajstić information content (AvgIpc) is 2.69. The van der Waals surface area contributed by atoms with E-state index in [0.29, 0.717) is 43.0 Å². The molecule has 0 aromatic heterocycles. The smallest absolute Gasteiger partial charge is 0.254 e. The van der Waals surface area contributed by atoms with Crippen LogP contribution in [0, 0.1) is 6.92 Å². The van der Waals surface area contributed by atoms with Gasteiger partial charge >= 0.3 is 0 Å². The third kappa shape index (κ3) is 4.61. The summed E-state index contributed by atoms with van der Waals surface area (Å²) in [6.07, 6.45) is 0.957. The Labute approximate surface area is 166 Å². The molecule has 0 radical (unpaired) electrons. The number of hydrogen-bond acceptors (Lipinski definition) is 3. The largest absolute Gasteiger partial charge is 0.399 e. The zero-order valence-corrected chi connectivity index (χ0v) is 16.6. The Hall–Kier alpha value is -2.53. The molecule has 5 nitrogen and oxygen atoms in total. The van der Waals surface area contributed by atoms with Crippen LogP contribution in [0.25, 0.3) is 0 Å². The summed E-state index contributed by atoms with van der Waals surface area (Å²) >= 11 is 0. The summed E-state index contributed by atoms with van der Waals surface area (Å²) < 4.78 is 0. The molecule has 0 saturated carbocycles. The molecule has 0 aliphatic carbocycles. The van der Waals surface area contributed by atoms with E-state index in [4.69, 9.17) is 5.73 Å². The lowest BCUT2D eigenvalue weighted by atomic mass is 10.1. The van der Waals surface area contributed by atoms with Crippen LogP contribution in [0.5, 0.6) is 0 Å². The first-order chi connectivity index (χ1) is 12.5. The second kappa shape index (κ2) is 8.91. The fourth-order valence-corrected chi connectivity index (χ4v) is 3.22. The van der Waals surface area contributed by atoms with Gasteiger partial charge < -0.3 is 15.5 Å². The third-order valence-electron chi connectivity index (χ3n) is 4.96. The van der Waals surface area contributed by atoms with Crippen LogP contribution in [-0.4, -0.2) is 47.8 Å². The average molecular weight is 388 g/mol. The summed E-state index contributed by atoms with van der Waals surface area (Å²) in [6, 6.07) is 13.1. The lowest BCUT2D eigenvalue weighted by Crippen LogP contribution is -2.50. The summed E-state index contributed by atoms with van der Waals surface area (Å²) in [5.74, 6) is 0.00841. The second-order valence-corrected chi connectivity index (χ2v) is 6.71. The van der Waals surface area contributed by atoms with Crippen LogP contribution in [-0.2, 0) is 6.42 Å². The lowest BCUT2D eigenvalue weighted by Gasteiger charge is -2.35. The van der Waals surface area contributed by atoms with Gasteiger partial charge in [-0.25, -0.2) is 0 Å². The quantitative estimate of drug-likeness (QED) is 0.822. The number of carbonyl (C=O) groups is 2. The molecule has 1 heterocycles. The van der Waals surface area contributed by atoms with Gasteiger partial charge in [0, 0.05) is 43.0 Å². The highest BCUT2D eigenvalue weighted by molar-refractivity contribution is 5.97. The van der Waals surface area contributed by atoms with Crippen molar-refractivity contribution in [1.29, 1.82) is 0 Å². The fourth-order valence-electron chi connectivity index (χ4n) is 3.22. The molecule has 2 aromatic rings. The first-order valence-corrected chi connectivity index (χ1v) is 9.03. The fraction of sp³-hybridized carbons (Fsp3) is 0.333. The van der Waals surface area contributed by atoms with E-state index in [9.17, 15) is 9.59 Å². The summed E-state index contributed by atoms with van der Waals surface area (Å²) in [7, 11) is 0. The molecule has 144 valence electrons. The normalized spacial score (nSPS) is 13.9. The number of nitrogens with two attached hydrogens (primary N) is 1. The number of amides is 2. The predicted molar refractivity (Wildman–Crippen MR) is 110 cm³/mol. The van der Waals surface area contributed by atoms with Crippen molar-refractivity contribution in [3.63, 3.8) is 0 Å². The Bertz CT molecular complexity index is 813. The van der Waals surface area contributed by atoms with Crippen molar-refractivity contribution < 1.29 is 9.59 Å². The summed E-state index contributed by atoms with van der Waals surface area (Å²) in [4.78, 5) is 29.0. The van der Waals surface area contributed by atoms with Gasteiger partial charge in [0.05, 0.1) is 0 Å². The van der Waals surface area contributed by atoms with E-state index in [1.807, 2.05) is 42.2 Å². The van der Waals surface area contributed by atoms with Crippen molar-refractivity contribution in [3.8, 4) is 0 Å². The van der Waals surface area contributed by atoms with Gasteiger partial charge in [0.25, 0.3) is 11.8 Å². The highest BCUT2D eigenvalue weighted by atomic mass is 35.5. The first kappa shape index (κ1) is 20.8. The Morgan fingerprint density at radius 1 is 0.926 bits per heavy atom. The molecule has 0 atom stereocenters. The first-order valence-electron chi connectivity index (χ1n) is 9.03. The van der Waals surface area contributed by atoms with Crippen molar-refractivity contribution in [2.75, 3.05) is 31.9 Å². The molecule has 0 unspecified atom stereocenters. The number of nitrogen functional groups attached to an aromatic ring is 1. The number of halogens is 1. The predicted octanol–water partition coefficient (Wildman–Crippen LogP) is 3.16. The molecule has 1 aliphatic rings. The van der Waals surface area contributed by atoms with Crippen molar-refractivity contribution in [2.24, 2.45) is 0 Å². The topological polar surface area (TPSA) is 66.6 Å². The molecular weight excluding hydrogens is 362 g/mol. The van der Waals surface area contributed by atoms with Crippen LogP contribution in [0.3, 0.4) is 0 Å². The number of rotatable bonds is 3. The third-order valence-corrected chi connectivity index (χ3v) is 4.96. The van der Waals surface area contributed by atoms with Gasteiger partial charge in [-0.1, -0.05) is 25.1 Å². The minimum Gasteiger partial charge on any atom is -0.399 e.